The lowest BCUT2D eigenvalue weighted by Gasteiger charge is -2.44. The zero-order valence-corrected chi connectivity index (χ0v) is 16.1. The summed E-state index contributed by atoms with van der Waals surface area (Å²) in [5.74, 6) is 0.0571. The molecule has 28 heavy (non-hydrogen) atoms. The first kappa shape index (κ1) is 17.3. The van der Waals surface area contributed by atoms with E-state index in [1.165, 1.54) is 5.56 Å². The number of aromatic nitrogens is 1. The first-order chi connectivity index (χ1) is 13.5. The molecule has 0 radical (unpaired) electrons. The number of carbonyl (C=O) groups excluding carboxylic acids is 2. The van der Waals surface area contributed by atoms with Crippen molar-refractivity contribution in [2.24, 2.45) is 0 Å². The molecule has 3 aromatic rings. The number of amides is 2. The summed E-state index contributed by atoms with van der Waals surface area (Å²) >= 11 is 6.05. The second kappa shape index (κ2) is 6.38. The van der Waals surface area contributed by atoms with Crippen LogP contribution >= 0.6 is 11.6 Å². The van der Waals surface area contributed by atoms with Gasteiger partial charge in [-0.1, -0.05) is 29.8 Å². The minimum Gasteiger partial charge on any atom is -0.351 e. The Hall–Kier alpha value is -2.79. The monoisotopic (exact) mass is 393 g/mol. The van der Waals surface area contributed by atoms with Crippen molar-refractivity contribution >= 4 is 40.0 Å². The van der Waals surface area contributed by atoms with E-state index in [9.17, 15) is 9.59 Å². The van der Waals surface area contributed by atoms with Crippen LogP contribution in [-0.4, -0.2) is 34.8 Å². The largest absolute Gasteiger partial charge is 0.351 e. The van der Waals surface area contributed by atoms with Gasteiger partial charge in [0, 0.05) is 46.5 Å². The lowest BCUT2D eigenvalue weighted by molar-refractivity contribution is -0.118. The number of hydrogen-bond acceptors (Lipinski definition) is 2. The van der Waals surface area contributed by atoms with E-state index in [0.717, 1.165) is 29.4 Å². The van der Waals surface area contributed by atoms with Crippen molar-refractivity contribution in [3.05, 3.63) is 64.8 Å². The van der Waals surface area contributed by atoms with Crippen LogP contribution in [0.4, 0.5) is 5.69 Å². The molecule has 2 N–H and O–H groups in total. The molecule has 6 heteroatoms. The minimum absolute atomic E-state index is 0.00396. The number of nitrogens with one attached hydrogen (secondary N) is 2. The molecule has 5 nitrogen and oxygen atoms in total. The first-order valence-corrected chi connectivity index (χ1v) is 9.89. The molecule has 0 bridgehead atoms. The molecule has 0 unspecified atom stereocenters. The third kappa shape index (κ3) is 2.78. The number of halogens is 1. The molecule has 1 aromatic heterocycles. The molecule has 1 spiro atoms. The lowest BCUT2D eigenvalue weighted by atomic mass is 9.68. The molecular weight excluding hydrogens is 374 g/mol. The van der Waals surface area contributed by atoms with Gasteiger partial charge in [-0.2, -0.15) is 0 Å². The molecule has 3 heterocycles. The summed E-state index contributed by atoms with van der Waals surface area (Å²) in [6.07, 6.45) is 2.06. The summed E-state index contributed by atoms with van der Waals surface area (Å²) in [6.45, 7) is 1.27. The van der Waals surface area contributed by atoms with Crippen LogP contribution in [0.25, 0.3) is 10.9 Å². The predicted octanol–water partition coefficient (Wildman–Crippen LogP) is 4.34. The fourth-order valence-corrected chi connectivity index (χ4v) is 4.81. The molecule has 0 aliphatic carbocycles. The van der Waals surface area contributed by atoms with E-state index in [4.69, 9.17) is 11.6 Å². The zero-order valence-electron chi connectivity index (χ0n) is 15.3. The van der Waals surface area contributed by atoms with Crippen LogP contribution in [0.3, 0.4) is 0 Å². The van der Waals surface area contributed by atoms with Crippen LogP contribution in [0, 0.1) is 0 Å². The topological polar surface area (TPSA) is 65.2 Å². The predicted molar refractivity (Wildman–Crippen MR) is 110 cm³/mol. The SMILES string of the molecule is O=C1CC2(CCN(C(=O)c3cc4cc(Cl)ccc4[nH]3)CC2)c2ccccc2N1. The third-order valence-electron chi connectivity index (χ3n) is 6.09. The van der Waals surface area contributed by atoms with Gasteiger partial charge in [-0.05, 0) is 48.7 Å². The van der Waals surface area contributed by atoms with E-state index in [0.29, 0.717) is 30.2 Å². The van der Waals surface area contributed by atoms with Crippen LogP contribution in [0.15, 0.2) is 48.5 Å². The average Bonchev–Trinajstić information content (AvgIpc) is 3.11. The Morgan fingerprint density at radius 3 is 2.68 bits per heavy atom. The summed E-state index contributed by atoms with van der Waals surface area (Å²) in [7, 11) is 0. The van der Waals surface area contributed by atoms with Crippen molar-refractivity contribution in [1.82, 2.24) is 9.88 Å². The fourth-order valence-electron chi connectivity index (χ4n) is 4.62. The van der Waals surface area contributed by atoms with Crippen molar-refractivity contribution in [1.29, 1.82) is 0 Å². The maximum absolute atomic E-state index is 13.0. The van der Waals surface area contributed by atoms with Crippen molar-refractivity contribution in [2.45, 2.75) is 24.7 Å². The lowest BCUT2D eigenvalue weighted by Crippen LogP contribution is -2.48. The zero-order chi connectivity index (χ0) is 19.3. The number of benzene rings is 2. The van der Waals surface area contributed by atoms with Gasteiger partial charge in [0.15, 0.2) is 0 Å². The highest BCUT2D eigenvalue weighted by molar-refractivity contribution is 6.31. The van der Waals surface area contributed by atoms with Crippen LogP contribution in [0.5, 0.6) is 0 Å². The van der Waals surface area contributed by atoms with E-state index in [2.05, 4.69) is 16.4 Å². The van der Waals surface area contributed by atoms with Gasteiger partial charge in [0.2, 0.25) is 5.91 Å². The molecular formula is C22H20ClN3O2. The number of anilines is 1. The summed E-state index contributed by atoms with van der Waals surface area (Å²) < 4.78 is 0. The molecule has 2 aromatic carbocycles. The number of likely N-dealkylation sites (tertiary alicyclic amines) is 1. The number of rotatable bonds is 1. The van der Waals surface area contributed by atoms with Crippen molar-refractivity contribution < 1.29 is 9.59 Å². The second-order valence-corrected chi connectivity index (χ2v) is 8.19. The maximum atomic E-state index is 13.0. The number of piperidine rings is 1. The second-order valence-electron chi connectivity index (χ2n) is 7.76. The molecule has 1 fully saturated rings. The highest BCUT2D eigenvalue weighted by Crippen LogP contribution is 2.45. The smallest absolute Gasteiger partial charge is 0.270 e. The highest BCUT2D eigenvalue weighted by atomic mass is 35.5. The third-order valence-corrected chi connectivity index (χ3v) is 6.33. The normalized spacial score (nSPS) is 18.2. The number of fused-ring (bicyclic) bond motifs is 3. The van der Waals surface area contributed by atoms with E-state index in [1.54, 1.807) is 0 Å². The number of nitrogens with zero attached hydrogens (tertiary/aromatic N) is 1. The Morgan fingerprint density at radius 1 is 1.07 bits per heavy atom. The van der Waals surface area contributed by atoms with Gasteiger partial charge in [0.25, 0.3) is 5.91 Å². The van der Waals surface area contributed by atoms with Crippen molar-refractivity contribution in [3.63, 3.8) is 0 Å². The standard InChI is InChI=1S/C22H20ClN3O2/c23-15-5-6-17-14(11-15)12-19(24-17)21(28)26-9-7-22(8-10-26)13-20(27)25-18-4-2-1-3-16(18)22/h1-6,11-12,24H,7-10,13H2,(H,25,27). The Morgan fingerprint density at radius 2 is 1.86 bits per heavy atom. The van der Waals surface area contributed by atoms with E-state index in [1.807, 2.05) is 47.4 Å². The number of aromatic amines is 1. The Balaban J connectivity index is 1.38. The molecule has 2 amide bonds. The molecule has 2 aliphatic rings. The summed E-state index contributed by atoms with van der Waals surface area (Å²) in [4.78, 5) is 30.4. The molecule has 1 saturated heterocycles. The Labute approximate surface area is 167 Å². The van der Waals surface area contributed by atoms with Gasteiger partial charge in [-0.25, -0.2) is 0 Å². The van der Waals surface area contributed by atoms with Gasteiger partial charge in [-0.15, -0.1) is 0 Å². The Kier molecular flexibility index (Phi) is 3.95. The van der Waals surface area contributed by atoms with E-state index in [-0.39, 0.29) is 17.2 Å². The van der Waals surface area contributed by atoms with Crippen LogP contribution in [-0.2, 0) is 10.2 Å². The summed E-state index contributed by atoms with van der Waals surface area (Å²) in [6, 6.07) is 15.4. The van der Waals surface area contributed by atoms with Gasteiger partial charge in [0.05, 0.1) is 0 Å². The maximum Gasteiger partial charge on any atom is 0.270 e. The van der Waals surface area contributed by atoms with Crippen molar-refractivity contribution in [3.8, 4) is 0 Å². The van der Waals surface area contributed by atoms with Gasteiger partial charge < -0.3 is 15.2 Å². The van der Waals surface area contributed by atoms with Crippen LogP contribution in [0.1, 0.15) is 35.3 Å². The number of H-pyrrole nitrogens is 1. The van der Waals surface area contributed by atoms with Crippen LogP contribution < -0.4 is 5.32 Å². The fraction of sp³-hybridized carbons (Fsp3) is 0.273. The van der Waals surface area contributed by atoms with Gasteiger partial charge in [-0.3, -0.25) is 9.59 Å². The summed E-state index contributed by atoms with van der Waals surface area (Å²) in [5.41, 5.74) is 3.41. The van der Waals surface area contributed by atoms with E-state index < -0.39 is 0 Å². The average molecular weight is 394 g/mol. The van der Waals surface area contributed by atoms with Crippen LogP contribution in [0.2, 0.25) is 5.02 Å². The number of hydrogen-bond donors (Lipinski definition) is 2. The molecule has 142 valence electrons. The van der Waals surface area contributed by atoms with Crippen molar-refractivity contribution in [2.75, 3.05) is 18.4 Å². The highest BCUT2D eigenvalue weighted by Gasteiger charge is 2.43. The number of carbonyl (C=O) groups is 2. The Bertz CT molecular complexity index is 1100. The van der Waals surface area contributed by atoms with E-state index >= 15 is 0 Å². The molecule has 0 atom stereocenters. The molecule has 2 aliphatic heterocycles. The quantitative estimate of drug-likeness (QED) is 0.646. The number of para-hydroxylation sites is 1. The van der Waals surface area contributed by atoms with Gasteiger partial charge in [0.1, 0.15) is 5.69 Å². The first-order valence-electron chi connectivity index (χ1n) is 9.51. The minimum atomic E-state index is -0.177. The summed E-state index contributed by atoms with van der Waals surface area (Å²) in [5, 5.41) is 4.56. The molecule has 0 saturated carbocycles. The van der Waals surface area contributed by atoms with Gasteiger partial charge >= 0.3 is 0 Å². The molecule has 5 rings (SSSR count).